The van der Waals surface area contributed by atoms with Crippen molar-refractivity contribution in [2.24, 2.45) is 0 Å². The van der Waals surface area contributed by atoms with Crippen molar-refractivity contribution < 1.29 is 14.3 Å². The van der Waals surface area contributed by atoms with E-state index in [-0.39, 0.29) is 30.7 Å². The topological polar surface area (TPSA) is 82.5 Å². The number of hydrogen-bond donors (Lipinski definition) is 1. The molecule has 30 heavy (non-hydrogen) atoms. The fraction of sp³-hybridized carbons (Fsp3) is 0.261. The van der Waals surface area contributed by atoms with Crippen molar-refractivity contribution in [1.29, 1.82) is 0 Å². The van der Waals surface area contributed by atoms with Crippen LogP contribution in [0.5, 0.6) is 11.5 Å². The standard InChI is InChI=1S/C23H25N3O4/c1-16(2)30-20-10-6-18(7-11-20)23(28)24-14-15-26-22(27)13-12-21(25-26)17-4-8-19(29-3)9-5-17/h4-13,16H,14-15H2,1-3H3,(H,24,28). The number of methoxy groups -OCH3 is 1. The predicted molar refractivity (Wildman–Crippen MR) is 115 cm³/mol. The lowest BCUT2D eigenvalue weighted by atomic mass is 10.1. The molecule has 0 bridgehead atoms. The minimum absolute atomic E-state index is 0.0733. The number of amides is 1. The first kappa shape index (κ1) is 21.1. The van der Waals surface area contributed by atoms with Gasteiger partial charge in [-0.3, -0.25) is 9.59 Å². The second kappa shape index (κ2) is 9.73. The number of ether oxygens (including phenoxy) is 2. The van der Waals surface area contributed by atoms with Crippen LogP contribution in [0.15, 0.2) is 65.5 Å². The van der Waals surface area contributed by atoms with Crippen LogP contribution in [-0.4, -0.2) is 35.4 Å². The highest BCUT2D eigenvalue weighted by Gasteiger charge is 2.08. The Labute approximate surface area is 175 Å². The number of rotatable bonds is 8. The van der Waals surface area contributed by atoms with Gasteiger partial charge in [0.1, 0.15) is 11.5 Å². The van der Waals surface area contributed by atoms with E-state index in [1.165, 1.54) is 10.7 Å². The number of hydrogen-bond acceptors (Lipinski definition) is 5. The molecule has 0 saturated heterocycles. The molecule has 0 saturated carbocycles. The highest BCUT2D eigenvalue weighted by atomic mass is 16.5. The minimum atomic E-state index is -0.225. The maximum Gasteiger partial charge on any atom is 0.266 e. The molecule has 7 heteroatoms. The zero-order valence-electron chi connectivity index (χ0n) is 17.3. The molecule has 0 aliphatic heterocycles. The van der Waals surface area contributed by atoms with Crippen molar-refractivity contribution in [2.75, 3.05) is 13.7 Å². The number of nitrogens with one attached hydrogen (secondary N) is 1. The third kappa shape index (κ3) is 5.47. The van der Waals surface area contributed by atoms with Gasteiger partial charge in [0, 0.05) is 23.7 Å². The van der Waals surface area contributed by atoms with Crippen molar-refractivity contribution in [2.45, 2.75) is 26.5 Å². The van der Waals surface area contributed by atoms with Gasteiger partial charge in [-0.25, -0.2) is 4.68 Å². The van der Waals surface area contributed by atoms with Crippen molar-refractivity contribution in [3.63, 3.8) is 0 Å². The van der Waals surface area contributed by atoms with E-state index >= 15 is 0 Å². The first-order chi connectivity index (χ1) is 14.5. The van der Waals surface area contributed by atoms with Gasteiger partial charge in [-0.1, -0.05) is 0 Å². The smallest absolute Gasteiger partial charge is 0.266 e. The molecule has 1 amide bonds. The van der Waals surface area contributed by atoms with E-state index in [0.29, 0.717) is 17.0 Å². The third-order valence-electron chi connectivity index (χ3n) is 4.35. The van der Waals surface area contributed by atoms with E-state index in [1.54, 1.807) is 37.4 Å². The Hall–Kier alpha value is -3.61. The van der Waals surface area contributed by atoms with E-state index in [9.17, 15) is 9.59 Å². The van der Waals surface area contributed by atoms with E-state index in [1.807, 2.05) is 38.1 Å². The molecule has 7 nitrogen and oxygen atoms in total. The summed E-state index contributed by atoms with van der Waals surface area (Å²) in [5.74, 6) is 1.25. The van der Waals surface area contributed by atoms with Crippen LogP contribution in [0.3, 0.4) is 0 Å². The van der Waals surface area contributed by atoms with E-state index < -0.39 is 0 Å². The average molecular weight is 407 g/mol. The minimum Gasteiger partial charge on any atom is -0.497 e. The van der Waals surface area contributed by atoms with Gasteiger partial charge >= 0.3 is 0 Å². The largest absolute Gasteiger partial charge is 0.497 e. The first-order valence-electron chi connectivity index (χ1n) is 9.74. The lowest BCUT2D eigenvalue weighted by molar-refractivity contribution is 0.0951. The normalized spacial score (nSPS) is 10.7. The van der Waals surface area contributed by atoms with Gasteiger partial charge in [0.15, 0.2) is 0 Å². The molecular formula is C23H25N3O4. The molecule has 0 fully saturated rings. The van der Waals surface area contributed by atoms with E-state index in [0.717, 1.165) is 11.3 Å². The summed E-state index contributed by atoms with van der Waals surface area (Å²) in [5, 5.41) is 7.22. The molecular weight excluding hydrogens is 382 g/mol. The molecule has 0 spiro atoms. The van der Waals surface area contributed by atoms with Crippen LogP contribution < -0.4 is 20.3 Å². The Morgan fingerprint density at radius 3 is 2.30 bits per heavy atom. The zero-order valence-corrected chi connectivity index (χ0v) is 17.3. The van der Waals surface area contributed by atoms with E-state index in [2.05, 4.69) is 10.4 Å². The Bertz CT molecular complexity index is 1040. The van der Waals surface area contributed by atoms with Gasteiger partial charge in [-0.2, -0.15) is 5.10 Å². The van der Waals surface area contributed by atoms with Crippen LogP contribution in [0.4, 0.5) is 0 Å². The number of nitrogens with zero attached hydrogens (tertiary/aromatic N) is 2. The van der Waals surface area contributed by atoms with Crippen LogP contribution >= 0.6 is 0 Å². The average Bonchev–Trinajstić information content (AvgIpc) is 2.75. The molecule has 0 unspecified atom stereocenters. The fourth-order valence-electron chi connectivity index (χ4n) is 2.86. The molecule has 3 aromatic rings. The number of carbonyl (C=O) groups is 1. The summed E-state index contributed by atoms with van der Waals surface area (Å²) in [5.41, 5.74) is 1.84. The Kier molecular flexibility index (Phi) is 6.85. The molecule has 1 heterocycles. The van der Waals surface area contributed by atoms with Crippen LogP contribution in [0, 0.1) is 0 Å². The lowest BCUT2D eigenvalue weighted by Crippen LogP contribution is -2.31. The molecule has 1 aromatic heterocycles. The summed E-state index contributed by atoms with van der Waals surface area (Å²) >= 11 is 0. The lowest BCUT2D eigenvalue weighted by Gasteiger charge is -2.11. The molecule has 0 aliphatic rings. The van der Waals surface area contributed by atoms with Crippen LogP contribution in [-0.2, 0) is 6.54 Å². The molecule has 3 rings (SSSR count). The molecule has 1 N–H and O–H groups in total. The van der Waals surface area contributed by atoms with Crippen molar-refractivity contribution in [3.8, 4) is 22.8 Å². The Balaban J connectivity index is 1.61. The summed E-state index contributed by atoms with van der Waals surface area (Å²) in [6.07, 6.45) is 0.0733. The monoisotopic (exact) mass is 407 g/mol. The van der Waals surface area contributed by atoms with Gasteiger partial charge in [0.05, 0.1) is 25.5 Å². The van der Waals surface area contributed by atoms with E-state index in [4.69, 9.17) is 9.47 Å². The van der Waals surface area contributed by atoms with Gasteiger partial charge in [0.25, 0.3) is 11.5 Å². The summed E-state index contributed by atoms with van der Waals surface area (Å²) < 4.78 is 12.1. The van der Waals surface area contributed by atoms with Gasteiger partial charge < -0.3 is 14.8 Å². The van der Waals surface area contributed by atoms with Crippen molar-refractivity contribution in [1.82, 2.24) is 15.1 Å². The quantitative estimate of drug-likeness (QED) is 0.620. The van der Waals surface area contributed by atoms with Gasteiger partial charge in [0.2, 0.25) is 0 Å². The zero-order chi connectivity index (χ0) is 21.5. The number of carbonyl (C=O) groups excluding carboxylic acids is 1. The second-order valence-corrected chi connectivity index (χ2v) is 6.96. The van der Waals surface area contributed by atoms with Crippen molar-refractivity contribution in [3.05, 3.63) is 76.6 Å². The first-order valence-corrected chi connectivity index (χ1v) is 9.74. The highest BCUT2D eigenvalue weighted by Crippen LogP contribution is 2.19. The predicted octanol–water partition coefficient (Wildman–Crippen LogP) is 3.14. The maximum atomic E-state index is 12.3. The number of aromatic nitrogens is 2. The van der Waals surface area contributed by atoms with Crippen LogP contribution in [0.2, 0.25) is 0 Å². The van der Waals surface area contributed by atoms with Gasteiger partial charge in [-0.05, 0) is 68.4 Å². The number of benzene rings is 2. The molecule has 0 aliphatic carbocycles. The highest BCUT2D eigenvalue weighted by molar-refractivity contribution is 5.94. The Morgan fingerprint density at radius 1 is 1.00 bits per heavy atom. The molecule has 0 atom stereocenters. The fourth-order valence-corrected chi connectivity index (χ4v) is 2.86. The summed E-state index contributed by atoms with van der Waals surface area (Å²) in [4.78, 5) is 24.5. The van der Waals surface area contributed by atoms with Crippen LogP contribution in [0.25, 0.3) is 11.3 Å². The maximum absolute atomic E-state index is 12.3. The summed E-state index contributed by atoms with van der Waals surface area (Å²) in [6, 6.07) is 17.5. The second-order valence-electron chi connectivity index (χ2n) is 6.96. The summed E-state index contributed by atoms with van der Waals surface area (Å²) in [7, 11) is 1.61. The third-order valence-corrected chi connectivity index (χ3v) is 4.35. The molecule has 2 aromatic carbocycles. The molecule has 0 radical (unpaired) electrons. The van der Waals surface area contributed by atoms with Gasteiger partial charge in [-0.15, -0.1) is 0 Å². The molecule has 156 valence electrons. The summed E-state index contributed by atoms with van der Waals surface area (Å²) in [6.45, 7) is 4.44. The van der Waals surface area contributed by atoms with Crippen molar-refractivity contribution >= 4 is 5.91 Å². The van der Waals surface area contributed by atoms with Crippen LogP contribution in [0.1, 0.15) is 24.2 Å². The Morgan fingerprint density at radius 2 is 1.67 bits per heavy atom. The SMILES string of the molecule is COc1ccc(-c2ccc(=O)n(CCNC(=O)c3ccc(OC(C)C)cc3)n2)cc1.